The SMILES string of the molecule is CN1CCC(CN(C)C(=O)c2cccc(CCN)c2)CC1. The molecule has 0 saturated carbocycles. The summed E-state index contributed by atoms with van der Waals surface area (Å²) in [5.74, 6) is 0.746. The second kappa shape index (κ2) is 7.57. The first kappa shape index (κ1) is 16.0. The molecule has 0 spiro atoms. The number of amides is 1. The molecule has 2 N–H and O–H groups in total. The van der Waals surface area contributed by atoms with Crippen LogP contribution >= 0.6 is 0 Å². The Balaban J connectivity index is 1.94. The van der Waals surface area contributed by atoms with Crippen LogP contribution in [0.3, 0.4) is 0 Å². The topological polar surface area (TPSA) is 49.6 Å². The highest BCUT2D eigenvalue weighted by Crippen LogP contribution is 2.18. The average molecular weight is 289 g/mol. The van der Waals surface area contributed by atoms with Gasteiger partial charge in [-0.1, -0.05) is 12.1 Å². The van der Waals surface area contributed by atoms with Gasteiger partial charge in [-0.15, -0.1) is 0 Å². The summed E-state index contributed by atoms with van der Waals surface area (Å²) in [5.41, 5.74) is 7.49. The van der Waals surface area contributed by atoms with Crippen molar-refractivity contribution >= 4 is 5.91 Å². The Kier molecular flexibility index (Phi) is 5.76. The van der Waals surface area contributed by atoms with Crippen molar-refractivity contribution in [3.05, 3.63) is 35.4 Å². The first-order valence-corrected chi connectivity index (χ1v) is 7.83. The van der Waals surface area contributed by atoms with Crippen LogP contribution in [0.2, 0.25) is 0 Å². The largest absolute Gasteiger partial charge is 0.341 e. The quantitative estimate of drug-likeness (QED) is 0.896. The van der Waals surface area contributed by atoms with E-state index >= 15 is 0 Å². The van der Waals surface area contributed by atoms with E-state index in [1.54, 1.807) is 0 Å². The fourth-order valence-electron chi connectivity index (χ4n) is 2.96. The molecule has 0 aromatic heterocycles. The summed E-state index contributed by atoms with van der Waals surface area (Å²) in [7, 11) is 4.07. The number of benzene rings is 1. The van der Waals surface area contributed by atoms with Gasteiger partial charge in [0.15, 0.2) is 0 Å². The van der Waals surface area contributed by atoms with Gasteiger partial charge in [0.25, 0.3) is 5.91 Å². The maximum Gasteiger partial charge on any atom is 0.253 e. The van der Waals surface area contributed by atoms with Crippen molar-refractivity contribution < 1.29 is 4.79 Å². The Morgan fingerprint density at radius 3 is 2.76 bits per heavy atom. The van der Waals surface area contributed by atoms with Crippen LogP contribution in [-0.2, 0) is 6.42 Å². The van der Waals surface area contributed by atoms with Gasteiger partial charge in [-0.25, -0.2) is 0 Å². The Morgan fingerprint density at radius 1 is 1.38 bits per heavy atom. The van der Waals surface area contributed by atoms with E-state index < -0.39 is 0 Å². The number of nitrogens with zero attached hydrogens (tertiary/aromatic N) is 2. The predicted molar refractivity (Wildman–Crippen MR) is 86.4 cm³/mol. The molecule has 1 aromatic carbocycles. The van der Waals surface area contributed by atoms with E-state index in [2.05, 4.69) is 11.9 Å². The molecule has 21 heavy (non-hydrogen) atoms. The number of likely N-dealkylation sites (tertiary alicyclic amines) is 1. The zero-order valence-corrected chi connectivity index (χ0v) is 13.2. The summed E-state index contributed by atoms with van der Waals surface area (Å²) in [4.78, 5) is 16.8. The molecule has 1 aliphatic rings. The summed E-state index contributed by atoms with van der Waals surface area (Å²) in [6.45, 7) is 3.74. The van der Waals surface area contributed by atoms with Crippen LogP contribution < -0.4 is 5.73 Å². The molecule has 116 valence electrons. The van der Waals surface area contributed by atoms with Gasteiger partial charge >= 0.3 is 0 Å². The van der Waals surface area contributed by atoms with Crippen LogP contribution in [0, 0.1) is 5.92 Å². The molecule has 2 rings (SSSR count). The van der Waals surface area contributed by atoms with Gasteiger partial charge in [-0.2, -0.15) is 0 Å². The summed E-state index contributed by atoms with van der Waals surface area (Å²) in [6, 6.07) is 7.84. The normalized spacial score (nSPS) is 16.9. The van der Waals surface area contributed by atoms with Gasteiger partial charge < -0.3 is 15.5 Å². The van der Waals surface area contributed by atoms with Gasteiger partial charge in [0, 0.05) is 19.2 Å². The Hall–Kier alpha value is -1.39. The lowest BCUT2D eigenvalue weighted by molar-refractivity contribution is 0.0747. The van der Waals surface area contributed by atoms with Crippen molar-refractivity contribution in [2.75, 3.05) is 40.3 Å². The monoisotopic (exact) mass is 289 g/mol. The summed E-state index contributed by atoms with van der Waals surface area (Å²) < 4.78 is 0. The van der Waals surface area contributed by atoms with Gasteiger partial charge in [-0.05, 0) is 69.6 Å². The lowest BCUT2D eigenvalue weighted by Gasteiger charge is -2.31. The lowest BCUT2D eigenvalue weighted by Crippen LogP contribution is -2.38. The second-order valence-electron chi connectivity index (χ2n) is 6.17. The Labute approximate surface area is 127 Å². The van der Waals surface area contributed by atoms with E-state index in [0.717, 1.165) is 37.2 Å². The minimum Gasteiger partial charge on any atom is -0.341 e. The average Bonchev–Trinajstić information content (AvgIpc) is 2.49. The van der Waals surface area contributed by atoms with Gasteiger partial charge in [0.1, 0.15) is 0 Å². The van der Waals surface area contributed by atoms with Gasteiger partial charge in [-0.3, -0.25) is 4.79 Å². The summed E-state index contributed by atoms with van der Waals surface area (Å²) in [6.07, 6.45) is 3.18. The van der Waals surface area contributed by atoms with E-state index in [1.165, 1.54) is 12.8 Å². The zero-order chi connectivity index (χ0) is 15.2. The lowest BCUT2D eigenvalue weighted by atomic mass is 9.96. The molecule has 1 fully saturated rings. The number of hydrogen-bond donors (Lipinski definition) is 1. The van der Waals surface area contributed by atoms with Gasteiger partial charge in [0.2, 0.25) is 0 Å². The van der Waals surface area contributed by atoms with Crippen LogP contribution in [-0.4, -0.2) is 56.0 Å². The predicted octanol–water partition coefficient (Wildman–Crippen LogP) is 1.60. The molecular weight excluding hydrogens is 262 g/mol. The van der Waals surface area contributed by atoms with E-state index in [0.29, 0.717) is 12.5 Å². The maximum atomic E-state index is 12.5. The number of piperidine rings is 1. The zero-order valence-electron chi connectivity index (χ0n) is 13.2. The smallest absolute Gasteiger partial charge is 0.253 e. The molecular formula is C17H27N3O. The molecule has 1 aromatic rings. The van der Waals surface area contributed by atoms with Crippen molar-refractivity contribution in [1.29, 1.82) is 0 Å². The molecule has 0 aliphatic carbocycles. The molecule has 0 unspecified atom stereocenters. The van der Waals surface area contributed by atoms with Gasteiger partial charge in [0.05, 0.1) is 0 Å². The highest BCUT2D eigenvalue weighted by molar-refractivity contribution is 5.94. The third kappa shape index (κ3) is 4.55. The van der Waals surface area contributed by atoms with Crippen molar-refractivity contribution in [2.45, 2.75) is 19.3 Å². The fourth-order valence-corrected chi connectivity index (χ4v) is 2.96. The highest BCUT2D eigenvalue weighted by atomic mass is 16.2. The number of rotatable bonds is 5. The molecule has 1 saturated heterocycles. The van der Waals surface area contributed by atoms with E-state index in [4.69, 9.17) is 5.73 Å². The number of carbonyl (C=O) groups is 1. The molecule has 0 radical (unpaired) electrons. The molecule has 0 bridgehead atoms. The van der Waals surface area contributed by atoms with Crippen molar-refractivity contribution in [2.24, 2.45) is 11.7 Å². The number of nitrogens with two attached hydrogens (primary N) is 1. The fraction of sp³-hybridized carbons (Fsp3) is 0.588. The number of carbonyl (C=O) groups excluding carboxylic acids is 1. The molecule has 1 amide bonds. The van der Waals surface area contributed by atoms with Crippen molar-refractivity contribution in [1.82, 2.24) is 9.80 Å². The van der Waals surface area contributed by atoms with E-state index in [1.807, 2.05) is 36.2 Å². The van der Waals surface area contributed by atoms with E-state index in [9.17, 15) is 4.79 Å². The molecule has 4 heteroatoms. The highest BCUT2D eigenvalue weighted by Gasteiger charge is 2.21. The van der Waals surface area contributed by atoms with Crippen LogP contribution in [0.4, 0.5) is 0 Å². The third-order valence-corrected chi connectivity index (χ3v) is 4.32. The van der Waals surface area contributed by atoms with Crippen LogP contribution in [0.5, 0.6) is 0 Å². The van der Waals surface area contributed by atoms with E-state index in [-0.39, 0.29) is 5.91 Å². The van der Waals surface area contributed by atoms with Crippen LogP contribution in [0.15, 0.2) is 24.3 Å². The minimum absolute atomic E-state index is 0.118. The van der Waals surface area contributed by atoms with Crippen LogP contribution in [0.1, 0.15) is 28.8 Å². The van der Waals surface area contributed by atoms with Crippen molar-refractivity contribution in [3.8, 4) is 0 Å². The second-order valence-corrected chi connectivity index (χ2v) is 6.17. The molecule has 0 atom stereocenters. The number of hydrogen-bond acceptors (Lipinski definition) is 3. The third-order valence-electron chi connectivity index (χ3n) is 4.32. The molecule has 1 heterocycles. The minimum atomic E-state index is 0.118. The first-order valence-electron chi connectivity index (χ1n) is 7.83. The standard InChI is InChI=1S/C17H27N3O/c1-19-10-7-15(8-11-19)13-20(2)17(21)16-5-3-4-14(12-16)6-9-18/h3-5,12,15H,6-11,13,18H2,1-2H3. The Bertz CT molecular complexity index is 467. The first-order chi connectivity index (χ1) is 10.1. The maximum absolute atomic E-state index is 12.5. The van der Waals surface area contributed by atoms with Crippen molar-refractivity contribution in [3.63, 3.8) is 0 Å². The molecule has 1 aliphatic heterocycles. The van der Waals surface area contributed by atoms with Crippen LogP contribution in [0.25, 0.3) is 0 Å². The molecule has 4 nitrogen and oxygen atoms in total. The summed E-state index contributed by atoms with van der Waals surface area (Å²) >= 11 is 0. The Morgan fingerprint density at radius 2 is 2.10 bits per heavy atom. The summed E-state index contributed by atoms with van der Waals surface area (Å²) in [5, 5.41) is 0.